The monoisotopic (exact) mass is 390 g/mol. The largest absolute Gasteiger partial charge is 0.415 e. The van der Waals surface area contributed by atoms with Gasteiger partial charge < -0.3 is 9.32 Å². The van der Waals surface area contributed by atoms with E-state index in [2.05, 4.69) is 10.2 Å². The second-order valence-electron chi connectivity index (χ2n) is 6.66. The van der Waals surface area contributed by atoms with Crippen molar-refractivity contribution in [2.75, 3.05) is 13.7 Å². The van der Waals surface area contributed by atoms with Crippen molar-refractivity contribution in [1.82, 2.24) is 20.0 Å². The molecule has 4 rings (SSSR count). The van der Waals surface area contributed by atoms with Crippen LogP contribution in [0.15, 0.2) is 28.7 Å². The minimum absolute atomic E-state index is 0.0943. The Kier molecular flexibility index (Phi) is 4.40. The Bertz CT molecular complexity index is 908. The number of carbonyl (C=O) groups excluding carboxylic acids is 3. The summed E-state index contributed by atoms with van der Waals surface area (Å²) in [4.78, 5) is 38.6. The molecule has 2 heterocycles. The quantitative estimate of drug-likeness (QED) is 0.563. The molecule has 0 bridgehead atoms. The standard InChI is InChI=1S/C17H16ClN5O4/c1-21-15(24)16(25)23(17(21)26)9-22(12-6-7-12)8-13-19-20-14(27-13)10-2-4-11(18)5-3-10/h2-5,12H,6-9H2,1H3/p+1. The zero-order valence-electron chi connectivity index (χ0n) is 14.5. The third-order valence-corrected chi connectivity index (χ3v) is 4.95. The number of likely N-dealkylation sites (N-methyl/N-ethyl adjacent to an activating group) is 1. The highest BCUT2D eigenvalue weighted by Crippen LogP contribution is 2.21. The average molecular weight is 391 g/mol. The van der Waals surface area contributed by atoms with E-state index in [0.29, 0.717) is 23.3 Å². The lowest BCUT2D eigenvalue weighted by Crippen LogP contribution is -3.13. The molecule has 27 heavy (non-hydrogen) atoms. The molecule has 2 fully saturated rings. The summed E-state index contributed by atoms with van der Waals surface area (Å²) in [5, 5.41) is 8.74. The van der Waals surface area contributed by atoms with Gasteiger partial charge >= 0.3 is 17.8 Å². The van der Waals surface area contributed by atoms with Crippen molar-refractivity contribution in [2.24, 2.45) is 0 Å². The highest BCUT2D eigenvalue weighted by Gasteiger charge is 2.46. The van der Waals surface area contributed by atoms with Crippen LogP contribution in [-0.2, 0) is 16.1 Å². The van der Waals surface area contributed by atoms with Crippen LogP contribution in [0.2, 0.25) is 5.02 Å². The van der Waals surface area contributed by atoms with Crippen molar-refractivity contribution in [2.45, 2.75) is 25.4 Å². The van der Waals surface area contributed by atoms with Crippen LogP contribution < -0.4 is 4.90 Å². The molecule has 1 aliphatic carbocycles. The zero-order chi connectivity index (χ0) is 19.1. The van der Waals surface area contributed by atoms with Crippen LogP contribution >= 0.6 is 11.6 Å². The van der Waals surface area contributed by atoms with Gasteiger partial charge in [0.2, 0.25) is 5.89 Å². The minimum atomic E-state index is -0.807. The number of aromatic nitrogens is 2. The summed E-state index contributed by atoms with van der Waals surface area (Å²) in [6, 6.07) is 6.73. The minimum Gasteiger partial charge on any atom is -0.415 e. The van der Waals surface area contributed by atoms with Gasteiger partial charge in [0.05, 0.1) is 6.04 Å². The van der Waals surface area contributed by atoms with E-state index in [1.807, 2.05) is 0 Å². The maximum atomic E-state index is 12.1. The number of nitrogens with zero attached hydrogens (tertiary/aromatic N) is 4. The van der Waals surface area contributed by atoms with E-state index in [1.165, 1.54) is 7.05 Å². The van der Waals surface area contributed by atoms with Crippen molar-refractivity contribution >= 4 is 29.4 Å². The van der Waals surface area contributed by atoms with E-state index in [0.717, 1.165) is 33.1 Å². The molecular weight excluding hydrogens is 374 g/mol. The summed E-state index contributed by atoms with van der Waals surface area (Å²) < 4.78 is 5.73. The first-order valence-corrected chi connectivity index (χ1v) is 8.88. The number of benzene rings is 1. The van der Waals surface area contributed by atoms with E-state index >= 15 is 0 Å². The second-order valence-corrected chi connectivity index (χ2v) is 7.09. The fraction of sp³-hybridized carbons (Fsp3) is 0.353. The van der Waals surface area contributed by atoms with Crippen LogP contribution in [0.1, 0.15) is 18.7 Å². The van der Waals surface area contributed by atoms with Gasteiger partial charge in [0.1, 0.15) is 0 Å². The predicted molar refractivity (Wildman–Crippen MR) is 92.3 cm³/mol. The Morgan fingerprint density at radius 3 is 2.44 bits per heavy atom. The van der Waals surface area contributed by atoms with E-state index in [4.69, 9.17) is 16.0 Å². The molecule has 10 heteroatoms. The van der Waals surface area contributed by atoms with Crippen LogP contribution in [0.4, 0.5) is 4.79 Å². The van der Waals surface area contributed by atoms with E-state index < -0.39 is 17.8 Å². The number of hydrogen-bond donors (Lipinski definition) is 1. The van der Waals surface area contributed by atoms with Crippen molar-refractivity contribution < 1.29 is 23.7 Å². The number of urea groups is 1. The van der Waals surface area contributed by atoms with Gasteiger partial charge in [0.25, 0.3) is 5.89 Å². The first-order valence-electron chi connectivity index (χ1n) is 8.50. The second kappa shape index (κ2) is 6.75. The molecule has 1 aromatic heterocycles. The van der Waals surface area contributed by atoms with Gasteiger partial charge in [-0.1, -0.05) is 11.6 Å². The summed E-state index contributed by atoms with van der Waals surface area (Å²) in [5.74, 6) is -0.827. The van der Waals surface area contributed by atoms with Gasteiger partial charge in [0, 0.05) is 30.5 Å². The summed E-state index contributed by atoms with van der Waals surface area (Å²) in [6.07, 6.45) is 1.96. The van der Waals surface area contributed by atoms with Gasteiger partial charge in [0.15, 0.2) is 13.2 Å². The molecule has 0 radical (unpaired) electrons. The Labute approximate surface area is 159 Å². The molecule has 4 amide bonds. The Morgan fingerprint density at radius 1 is 1.15 bits per heavy atom. The van der Waals surface area contributed by atoms with Gasteiger partial charge in [-0.15, -0.1) is 10.2 Å². The number of halogens is 1. The van der Waals surface area contributed by atoms with Crippen molar-refractivity contribution in [1.29, 1.82) is 0 Å². The molecule has 1 unspecified atom stereocenters. The highest BCUT2D eigenvalue weighted by atomic mass is 35.5. The average Bonchev–Trinajstić information content (AvgIpc) is 3.38. The van der Waals surface area contributed by atoms with E-state index in [1.54, 1.807) is 24.3 Å². The molecule has 1 aliphatic heterocycles. The summed E-state index contributed by atoms with van der Waals surface area (Å²) in [5.41, 5.74) is 0.753. The lowest BCUT2D eigenvalue weighted by molar-refractivity contribution is -0.933. The zero-order valence-corrected chi connectivity index (χ0v) is 15.3. The SMILES string of the molecule is CN1C(=O)C(=O)N(C[NH+](Cc2nnc(-c3ccc(Cl)cc3)o2)C2CC2)C1=O. The fourth-order valence-corrected chi connectivity index (χ4v) is 3.13. The van der Waals surface area contributed by atoms with Crippen LogP contribution in [-0.4, -0.2) is 57.6 Å². The molecule has 1 aromatic carbocycles. The Morgan fingerprint density at radius 2 is 1.85 bits per heavy atom. The molecular formula is C17H17ClN5O4+. The third-order valence-electron chi connectivity index (χ3n) is 4.70. The van der Waals surface area contributed by atoms with Gasteiger partial charge in [-0.3, -0.25) is 14.5 Å². The number of carbonyl (C=O) groups is 3. The van der Waals surface area contributed by atoms with Crippen LogP contribution in [0, 0.1) is 0 Å². The van der Waals surface area contributed by atoms with Crippen LogP contribution in [0.25, 0.3) is 11.5 Å². The van der Waals surface area contributed by atoms with Gasteiger partial charge in [-0.25, -0.2) is 9.69 Å². The lowest BCUT2D eigenvalue weighted by atomic mass is 10.2. The molecule has 1 N–H and O–H groups in total. The van der Waals surface area contributed by atoms with Crippen LogP contribution in [0.5, 0.6) is 0 Å². The number of nitrogens with one attached hydrogen (secondary N) is 1. The Hall–Kier alpha value is -2.78. The maximum absolute atomic E-state index is 12.1. The van der Waals surface area contributed by atoms with Gasteiger partial charge in [-0.05, 0) is 24.3 Å². The number of amides is 4. The summed E-state index contributed by atoms with van der Waals surface area (Å²) in [7, 11) is 1.30. The smallest absolute Gasteiger partial charge is 0.338 e. The van der Waals surface area contributed by atoms with Gasteiger partial charge in [-0.2, -0.15) is 0 Å². The highest BCUT2D eigenvalue weighted by molar-refractivity contribution is 6.44. The molecule has 140 valence electrons. The molecule has 9 nitrogen and oxygen atoms in total. The third kappa shape index (κ3) is 3.43. The van der Waals surface area contributed by atoms with Crippen molar-refractivity contribution in [3.8, 4) is 11.5 Å². The van der Waals surface area contributed by atoms with E-state index in [-0.39, 0.29) is 12.7 Å². The number of rotatable bonds is 6. The van der Waals surface area contributed by atoms with Crippen LogP contribution in [0.3, 0.4) is 0 Å². The summed E-state index contributed by atoms with van der Waals surface area (Å²) >= 11 is 5.88. The number of quaternary nitrogens is 1. The topological polar surface area (TPSA) is 101 Å². The molecule has 0 spiro atoms. The lowest BCUT2D eigenvalue weighted by Gasteiger charge is -2.21. The fourth-order valence-electron chi connectivity index (χ4n) is 3.01. The molecule has 1 saturated carbocycles. The van der Waals surface area contributed by atoms with E-state index in [9.17, 15) is 14.4 Å². The number of hydrogen-bond acceptors (Lipinski definition) is 6. The maximum Gasteiger partial charge on any atom is 0.338 e. The Balaban J connectivity index is 1.48. The first kappa shape index (κ1) is 17.6. The molecule has 2 aromatic rings. The predicted octanol–water partition coefficient (Wildman–Crippen LogP) is 0.315. The molecule has 1 saturated heterocycles. The molecule has 2 aliphatic rings. The van der Waals surface area contributed by atoms with Crippen molar-refractivity contribution in [3.63, 3.8) is 0 Å². The molecule has 1 atom stereocenters. The summed E-state index contributed by atoms with van der Waals surface area (Å²) in [6.45, 7) is 0.456. The normalized spacial score (nSPS) is 18.5. The van der Waals surface area contributed by atoms with Crippen molar-refractivity contribution in [3.05, 3.63) is 35.2 Å². The first-order chi connectivity index (χ1) is 12.9. The number of imide groups is 2.